The molecule has 20 heavy (non-hydrogen) atoms. The fourth-order valence-electron chi connectivity index (χ4n) is 2.48. The smallest absolute Gasteiger partial charge is 0.163 e. The lowest BCUT2D eigenvalue weighted by molar-refractivity contribution is 0.134. The fraction of sp³-hybridized carbons (Fsp3) is 0.200. The summed E-state index contributed by atoms with van der Waals surface area (Å²) in [6.45, 7) is 1.12. The minimum atomic E-state index is -0.882. The van der Waals surface area contributed by atoms with Gasteiger partial charge in [0, 0.05) is 5.56 Å². The van der Waals surface area contributed by atoms with E-state index in [1.54, 1.807) is 0 Å². The van der Waals surface area contributed by atoms with Crippen LogP contribution in [0.3, 0.4) is 0 Å². The quantitative estimate of drug-likeness (QED) is 0.669. The van der Waals surface area contributed by atoms with Crippen molar-refractivity contribution in [2.75, 3.05) is 0 Å². The van der Waals surface area contributed by atoms with Gasteiger partial charge in [0.05, 0.1) is 19.3 Å². The van der Waals surface area contributed by atoms with Gasteiger partial charge in [-0.2, -0.15) is 0 Å². The van der Waals surface area contributed by atoms with E-state index in [2.05, 4.69) is 5.43 Å². The highest BCUT2D eigenvalue weighted by atomic mass is 19.2. The largest absolute Gasteiger partial charge is 0.372 e. The molecular weight excluding hydrogens is 262 g/mol. The van der Waals surface area contributed by atoms with Crippen molar-refractivity contribution in [2.24, 2.45) is 5.84 Å². The van der Waals surface area contributed by atoms with E-state index in [1.807, 2.05) is 18.2 Å². The minimum Gasteiger partial charge on any atom is -0.372 e. The van der Waals surface area contributed by atoms with Crippen molar-refractivity contribution in [1.29, 1.82) is 0 Å². The van der Waals surface area contributed by atoms with Gasteiger partial charge in [0.15, 0.2) is 11.6 Å². The van der Waals surface area contributed by atoms with Crippen molar-refractivity contribution in [1.82, 2.24) is 5.43 Å². The van der Waals surface area contributed by atoms with E-state index in [4.69, 9.17) is 10.6 Å². The highest BCUT2D eigenvalue weighted by Gasteiger charge is 2.21. The molecule has 3 nitrogen and oxygen atoms in total. The Labute approximate surface area is 115 Å². The first-order valence-corrected chi connectivity index (χ1v) is 6.30. The van der Waals surface area contributed by atoms with E-state index in [0.717, 1.165) is 22.8 Å². The summed E-state index contributed by atoms with van der Waals surface area (Å²) in [5.41, 5.74) is 5.68. The first kappa shape index (κ1) is 13.2. The molecule has 0 saturated carbocycles. The third kappa shape index (κ3) is 2.20. The molecule has 1 aliphatic heterocycles. The van der Waals surface area contributed by atoms with Crippen LogP contribution < -0.4 is 11.3 Å². The number of rotatable bonds is 3. The van der Waals surface area contributed by atoms with Crippen LogP contribution in [-0.2, 0) is 18.0 Å². The Balaban J connectivity index is 2.03. The van der Waals surface area contributed by atoms with Gasteiger partial charge in [-0.3, -0.25) is 5.84 Å². The molecular formula is C15H14F2N2O. The lowest BCUT2D eigenvalue weighted by atomic mass is 9.95. The van der Waals surface area contributed by atoms with E-state index in [-0.39, 0.29) is 5.56 Å². The molecule has 0 amide bonds. The van der Waals surface area contributed by atoms with Crippen LogP contribution >= 0.6 is 0 Å². The molecule has 3 N–H and O–H groups in total. The van der Waals surface area contributed by atoms with E-state index >= 15 is 0 Å². The Morgan fingerprint density at radius 2 is 1.90 bits per heavy atom. The van der Waals surface area contributed by atoms with Crippen LogP contribution in [-0.4, -0.2) is 0 Å². The molecule has 0 radical (unpaired) electrons. The molecule has 2 aromatic rings. The molecule has 3 rings (SSSR count). The lowest BCUT2D eigenvalue weighted by Gasteiger charge is -2.18. The lowest BCUT2D eigenvalue weighted by Crippen LogP contribution is -2.29. The molecule has 0 bridgehead atoms. The third-order valence-electron chi connectivity index (χ3n) is 3.54. The van der Waals surface area contributed by atoms with Crippen LogP contribution in [0.15, 0.2) is 36.4 Å². The third-order valence-corrected chi connectivity index (χ3v) is 3.54. The van der Waals surface area contributed by atoms with E-state index in [0.29, 0.717) is 13.2 Å². The second kappa shape index (κ2) is 5.28. The van der Waals surface area contributed by atoms with Crippen LogP contribution in [0.5, 0.6) is 0 Å². The number of halogens is 2. The molecule has 104 valence electrons. The number of hydrogen-bond acceptors (Lipinski definition) is 3. The summed E-state index contributed by atoms with van der Waals surface area (Å²) < 4.78 is 32.6. The Morgan fingerprint density at radius 1 is 1.10 bits per heavy atom. The number of nitrogens with one attached hydrogen (secondary N) is 1. The summed E-state index contributed by atoms with van der Waals surface area (Å²) in [5, 5.41) is 0. The molecule has 5 heteroatoms. The van der Waals surface area contributed by atoms with Gasteiger partial charge in [0.1, 0.15) is 0 Å². The molecule has 2 aromatic carbocycles. The van der Waals surface area contributed by atoms with Crippen LogP contribution in [0.25, 0.3) is 0 Å². The summed E-state index contributed by atoms with van der Waals surface area (Å²) in [6, 6.07) is 9.17. The SMILES string of the molecule is NNC(c1ccc2c(c1)COC2)c1cccc(F)c1F. The maximum atomic E-state index is 13.9. The molecule has 1 unspecified atom stereocenters. The Hall–Kier alpha value is -1.82. The summed E-state index contributed by atoms with van der Waals surface area (Å²) in [4.78, 5) is 0. The number of hydrazine groups is 1. The van der Waals surface area contributed by atoms with Crippen LogP contribution in [0.4, 0.5) is 8.78 Å². The summed E-state index contributed by atoms with van der Waals surface area (Å²) in [6.07, 6.45) is 0. The van der Waals surface area contributed by atoms with Crippen LogP contribution in [0.2, 0.25) is 0 Å². The van der Waals surface area contributed by atoms with Gasteiger partial charge < -0.3 is 4.74 Å². The number of ether oxygens (including phenoxy) is 1. The van der Waals surface area contributed by atoms with Crippen LogP contribution in [0, 0.1) is 11.6 Å². The zero-order chi connectivity index (χ0) is 14.1. The average molecular weight is 276 g/mol. The molecule has 1 aliphatic rings. The second-order valence-corrected chi connectivity index (χ2v) is 4.76. The van der Waals surface area contributed by atoms with Gasteiger partial charge in [-0.05, 0) is 22.8 Å². The number of benzene rings is 2. The molecule has 0 fully saturated rings. The molecule has 0 spiro atoms. The number of fused-ring (bicyclic) bond motifs is 1. The molecule has 0 aromatic heterocycles. The molecule has 1 atom stereocenters. The molecule has 0 saturated heterocycles. The normalized spacial score (nSPS) is 15.2. The summed E-state index contributed by atoms with van der Waals surface area (Å²) in [5.74, 6) is 3.77. The monoisotopic (exact) mass is 276 g/mol. The Kier molecular flexibility index (Phi) is 3.48. The number of nitrogens with two attached hydrogens (primary N) is 1. The van der Waals surface area contributed by atoms with Gasteiger partial charge in [-0.25, -0.2) is 14.2 Å². The topological polar surface area (TPSA) is 47.3 Å². The first-order chi connectivity index (χ1) is 9.70. The predicted octanol–water partition coefficient (Wildman–Crippen LogP) is 2.55. The fourth-order valence-corrected chi connectivity index (χ4v) is 2.48. The number of hydrogen-bond donors (Lipinski definition) is 2. The van der Waals surface area contributed by atoms with Crippen molar-refractivity contribution in [3.8, 4) is 0 Å². The van der Waals surface area contributed by atoms with Crippen molar-refractivity contribution in [3.63, 3.8) is 0 Å². The van der Waals surface area contributed by atoms with Crippen molar-refractivity contribution in [2.45, 2.75) is 19.3 Å². The van der Waals surface area contributed by atoms with E-state index in [9.17, 15) is 8.78 Å². The minimum absolute atomic E-state index is 0.186. The van der Waals surface area contributed by atoms with Gasteiger partial charge in [-0.1, -0.05) is 30.3 Å². The maximum absolute atomic E-state index is 13.9. The van der Waals surface area contributed by atoms with Gasteiger partial charge >= 0.3 is 0 Å². The van der Waals surface area contributed by atoms with E-state index in [1.165, 1.54) is 12.1 Å². The van der Waals surface area contributed by atoms with Gasteiger partial charge in [0.2, 0.25) is 0 Å². The highest BCUT2D eigenvalue weighted by Crippen LogP contribution is 2.29. The van der Waals surface area contributed by atoms with Crippen molar-refractivity contribution >= 4 is 0 Å². The molecule has 1 heterocycles. The molecule has 0 aliphatic carbocycles. The van der Waals surface area contributed by atoms with Crippen LogP contribution in [0.1, 0.15) is 28.3 Å². The van der Waals surface area contributed by atoms with Gasteiger partial charge in [-0.15, -0.1) is 0 Å². The second-order valence-electron chi connectivity index (χ2n) is 4.76. The summed E-state index contributed by atoms with van der Waals surface area (Å²) in [7, 11) is 0. The van der Waals surface area contributed by atoms with E-state index < -0.39 is 17.7 Å². The Bertz CT molecular complexity index is 646. The zero-order valence-corrected chi connectivity index (χ0v) is 10.7. The first-order valence-electron chi connectivity index (χ1n) is 6.30. The van der Waals surface area contributed by atoms with Gasteiger partial charge in [0.25, 0.3) is 0 Å². The Morgan fingerprint density at radius 3 is 2.70 bits per heavy atom. The predicted molar refractivity (Wildman–Crippen MR) is 70.5 cm³/mol. The zero-order valence-electron chi connectivity index (χ0n) is 10.7. The standard InChI is InChI=1S/C15H14F2N2O/c16-13-3-1-2-12(14(13)17)15(19-18)9-4-5-10-7-20-8-11(10)6-9/h1-6,15,19H,7-8,18H2. The highest BCUT2D eigenvalue weighted by molar-refractivity contribution is 5.39. The van der Waals surface area contributed by atoms with Crippen molar-refractivity contribution in [3.05, 3.63) is 70.3 Å². The maximum Gasteiger partial charge on any atom is 0.163 e. The average Bonchev–Trinajstić information content (AvgIpc) is 2.92. The van der Waals surface area contributed by atoms with Crippen molar-refractivity contribution < 1.29 is 13.5 Å². The summed E-state index contributed by atoms with van der Waals surface area (Å²) >= 11 is 0.